The van der Waals surface area contributed by atoms with Crippen LogP contribution in [0, 0.1) is 21.7 Å². The number of benzene rings is 2. The molecule has 0 saturated heterocycles. The summed E-state index contributed by atoms with van der Waals surface area (Å²) >= 11 is 5.68. The first-order valence-corrected chi connectivity index (χ1v) is 7.68. The number of nitrogens with zero attached hydrogens (tertiary/aromatic N) is 1. The normalized spacial score (nSPS) is 10.6. The van der Waals surface area contributed by atoms with Gasteiger partial charge in [0.1, 0.15) is 5.02 Å². The molecule has 1 N–H and O–H groups in total. The van der Waals surface area contributed by atoms with Crippen molar-refractivity contribution < 1.29 is 28.0 Å². The van der Waals surface area contributed by atoms with Crippen molar-refractivity contribution >= 4 is 40.9 Å². The predicted octanol–water partition coefficient (Wildman–Crippen LogP) is 3.72. The maximum absolute atomic E-state index is 13.0. The largest absolute Gasteiger partial charge is 0.452 e. The molecule has 2 aromatic rings. The van der Waals surface area contributed by atoms with Crippen LogP contribution in [0.25, 0.3) is 6.08 Å². The van der Waals surface area contributed by atoms with Crippen LogP contribution in [0.2, 0.25) is 5.02 Å². The molecule has 0 aliphatic heterocycles. The van der Waals surface area contributed by atoms with Crippen molar-refractivity contribution in [3.8, 4) is 0 Å². The van der Waals surface area contributed by atoms with Gasteiger partial charge in [-0.15, -0.1) is 0 Å². The summed E-state index contributed by atoms with van der Waals surface area (Å²) in [5.74, 6) is -3.84. The molecule has 7 nitrogen and oxygen atoms in total. The number of nitrogens with one attached hydrogen (secondary N) is 1. The molecule has 0 saturated carbocycles. The first-order valence-electron chi connectivity index (χ1n) is 7.30. The van der Waals surface area contributed by atoms with Crippen LogP contribution >= 0.6 is 11.6 Å². The number of hydrogen-bond acceptors (Lipinski definition) is 5. The molecule has 2 aromatic carbocycles. The highest BCUT2D eigenvalue weighted by Gasteiger charge is 2.12. The second-order valence-corrected chi connectivity index (χ2v) is 5.49. The number of amides is 1. The number of rotatable bonds is 6. The Balaban J connectivity index is 1.89. The van der Waals surface area contributed by atoms with Gasteiger partial charge >= 0.3 is 5.97 Å². The van der Waals surface area contributed by atoms with Gasteiger partial charge in [0.05, 0.1) is 4.92 Å². The van der Waals surface area contributed by atoms with Crippen molar-refractivity contribution in [3.63, 3.8) is 0 Å². The van der Waals surface area contributed by atoms with Gasteiger partial charge in [0.25, 0.3) is 11.6 Å². The molecule has 0 heterocycles. The van der Waals surface area contributed by atoms with Crippen molar-refractivity contribution in [2.75, 3.05) is 11.9 Å². The van der Waals surface area contributed by atoms with Crippen LogP contribution < -0.4 is 5.32 Å². The Labute approximate surface area is 156 Å². The van der Waals surface area contributed by atoms with Gasteiger partial charge in [0.15, 0.2) is 18.2 Å². The fraction of sp³-hybridized carbons (Fsp3) is 0.0588. The number of nitro benzene ring substituents is 1. The summed E-state index contributed by atoms with van der Waals surface area (Å²) in [7, 11) is 0. The zero-order chi connectivity index (χ0) is 20.0. The Morgan fingerprint density at radius 2 is 1.93 bits per heavy atom. The molecule has 2 rings (SSSR count). The predicted molar refractivity (Wildman–Crippen MR) is 93.1 cm³/mol. The molecule has 0 bridgehead atoms. The Hall–Kier alpha value is -3.33. The SMILES string of the molecule is O=C(COC(=O)/C=C/c1ccc(Cl)c([N+](=O)[O-])c1)Nc1ccc(F)c(F)c1. The van der Waals surface area contributed by atoms with Gasteiger partial charge in [-0.1, -0.05) is 17.7 Å². The lowest BCUT2D eigenvalue weighted by atomic mass is 10.2. The molecule has 0 unspecified atom stereocenters. The third kappa shape index (κ3) is 5.86. The lowest BCUT2D eigenvalue weighted by molar-refractivity contribution is -0.384. The summed E-state index contributed by atoms with van der Waals surface area (Å²) < 4.78 is 30.5. The second-order valence-electron chi connectivity index (χ2n) is 5.09. The van der Waals surface area contributed by atoms with Crippen molar-refractivity contribution in [2.24, 2.45) is 0 Å². The van der Waals surface area contributed by atoms with E-state index in [2.05, 4.69) is 10.1 Å². The molecule has 0 fully saturated rings. The van der Waals surface area contributed by atoms with Crippen LogP contribution in [-0.2, 0) is 14.3 Å². The molecule has 0 atom stereocenters. The highest BCUT2D eigenvalue weighted by atomic mass is 35.5. The molecule has 1 amide bonds. The van der Waals surface area contributed by atoms with Crippen LogP contribution in [0.1, 0.15) is 5.56 Å². The number of esters is 1. The summed E-state index contributed by atoms with van der Waals surface area (Å²) in [4.78, 5) is 33.4. The zero-order valence-corrected chi connectivity index (χ0v) is 14.2. The van der Waals surface area contributed by atoms with E-state index < -0.39 is 35.0 Å². The molecule has 0 radical (unpaired) electrons. The first-order chi connectivity index (χ1) is 12.8. The molecule has 0 aromatic heterocycles. The standard InChI is InChI=1S/C17H11ClF2N2O5/c18-12-4-1-10(7-15(12)22(25)26)2-6-17(24)27-9-16(23)21-11-3-5-13(19)14(20)8-11/h1-8H,9H2,(H,21,23)/b6-2+. The van der Waals surface area contributed by atoms with E-state index >= 15 is 0 Å². The average molecular weight is 397 g/mol. The van der Waals surface area contributed by atoms with E-state index in [0.29, 0.717) is 5.56 Å². The number of halogens is 3. The highest BCUT2D eigenvalue weighted by molar-refractivity contribution is 6.32. The number of carbonyl (C=O) groups excluding carboxylic acids is 2. The Morgan fingerprint density at radius 1 is 1.19 bits per heavy atom. The Bertz CT molecular complexity index is 934. The van der Waals surface area contributed by atoms with Gasteiger partial charge in [-0.25, -0.2) is 13.6 Å². The van der Waals surface area contributed by atoms with E-state index in [1.54, 1.807) is 0 Å². The van der Waals surface area contributed by atoms with Crippen molar-refractivity contribution in [1.82, 2.24) is 0 Å². The van der Waals surface area contributed by atoms with Crippen LogP contribution in [0.3, 0.4) is 0 Å². The highest BCUT2D eigenvalue weighted by Crippen LogP contribution is 2.25. The minimum atomic E-state index is -1.13. The van der Waals surface area contributed by atoms with Crippen LogP contribution in [0.4, 0.5) is 20.2 Å². The molecular formula is C17H11ClF2N2O5. The number of hydrogen-bond donors (Lipinski definition) is 1. The van der Waals surface area contributed by atoms with Crippen LogP contribution in [-0.4, -0.2) is 23.4 Å². The maximum atomic E-state index is 13.0. The average Bonchev–Trinajstić information content (AvgIpc) is 2.62. The van der Waals surface area contributed by atoms with Gasteiger partial charge in [-0.2, -0.15) is 0 Å². The van der Waals surface area contributed by atoms with Crippen LogP contribution in [0.15, 0.2) is 42.5 Å². The molecule has 0 aliphatic rings. The molecule has 0 spiro atoms. The third-order valence-corrected chi connectivity index (χ3v) is 3.45. The topological polar surface area (TPSA) is 98.5 Å². The lowest BCUT2D eigenvalue weighted by Crippen LogP contribution is -2.20. The van der Waals surface area contributed by atoms with Gasteiger partial charge in [0, 0.05) is 23.9 Å². The summed E-state index contributed by atoms with van der Waals surface area (Å²) in [6, 6.07) is 6.69. The smallest absolute Gasteiger partial charge is 0.331 e. The zero-order valence-electron chi connectivity index (χ0n) is 13.4. The summed E-state index contributed by atoms with van der Waals surface area (Å²) in [6.45, 7) is -0.664. The summed E-state index contributed by atoms with van der Waals surface area (Å²) in [5.41, 5.74) is 0.00588. The van der Waals surface area contributed by atoms with E-state index in [1.807, 2.05) is 0 Å². The van der Waals surface area contributed by atoms with Crippen molar-refractivity contribution in [2.45, 2.75) is 0 Å². The van der Waals surface area contributed by atoms with Gasteiger partial charge in [0.2, 0.25) is 0 Å². The van der Waals surface area contributed by atoms with Crippen molar-refractivity contribution in [1.29, 1.82) is 0 Å². The van der Waals surface area contributed by atoms with Gasteiger partial charge in [-0.3, -0.25) is 14.9 Å². The van der Waals surface area contributed by atoms with Crippen LogP contribution in [0.5, 0.6) is 0 Å². The Kier molecular flexibility index (Phi) is 6.56. The summed E-state index contributed by atoms with van der Waals surface area (Å²) in [5, 5.41) is 13.0. The van der Waals surface area contributed by atoms with E-state index in [0.717, 1.165) is 24.3 Å². The molecule has 27 heavy (non-hydrogen) atoms. The molecule has 10 heteroatoms. The third-order valence-electron chi connectivity index (χ3n) is 3.13. The monoisotopic (exact) mass is 396 g/mol. The number of nitro groups is 1. The number of ether oxygens (including phenoxy) is 1. The number of anilines is 1. The van der Waals surface area contributed by atoms with E-state index in [-0.39, 0.29) is 16.4 Å². The fourth-order valence-electron chi connectivity index (χ4n) is 1.89. The Morgan fingerprint density at radius 3 is 2.59 bits per heavy atom. The van der Waals surface area contributed by atoms with E-state index in [1.165, 1.54) is 24.3 Å². The van der Waals surface area contributed by atoms with Gasteiger partial charge in [-0.05, 0) is 29.8 Å². The van der Waals surface area contributed by atoms with Crippen molar-refractivity contribution in [3.05, 3.63) is 74.8 Å². The van der Waals surface area contributed by atoms with E-state index in [4.69, 9.17) is 11.6 Å². The minimum Gasteiger partial charge on any atom is -0.452 e. The first kappa shape index (κ1) is 20.0. The second kappa shape index (κ2) is 8.86. The quantitative estimate of drug-likeness (QED) is 0.347. The maximum Gasteiger partial charge on any atom is 0.331 e. The fourth-order valence-corrected chi connectivity index (χ4v) is 2.08. The molecule has 140 valence electrons. The van der Waals surface area contributed by atoms with E-state index in [9.17, 15) is 28.5 Å². The lowest BCUT2D eigenvalue weighted by Gasteiger charge is -2.05. The summed E-state index contributed by atoms with van der Waals surface area (Å²) in [6.07, 6.45) is 2.22. The van der Waals surface area contributed by atoms with Gasteiger partial charge < -0.3 is 10.1 Å². The number of carbonyl (C=O) groups is 2. The minimum absolute atomic E-state index is 0.000958. The molecule has 0 aliphatic carbocycles. The molecular weight excluding hydrogens is 386 g/mol.